The van der Waals surface area contributed by atoms with Gasteiger partial charge in [-0.25, -0.2) is 0 Å². The third kappa shape index (κ3) is 5.69. The third-order valence-corrected chi connectivity index (χ3v) is 11.7. The van der Waals surface area contributed by atoms with Gasteiger partial charge in [0.25, 0.3) is 0 Å². The molecule has 0 radical (unpaired) electrons. The van der Waals surface area contributed by atoms with Crippen molar-refractivity contribution in [1.29, 1.82) is 0 Å². The second kappa shape index (κ2) is 10.0. The number of rotatable bonds is 2. The van der Waals surface area contributed by atoms with Crippen LogP contribution >= 0.6 is 0 Å². The zero-order chi connectivity index (χ0) is 23.6. The number of benzene rings is 2. The van der Waals surface area contributed by atoms with E-state index in [1.54, 1.807) is 14.4 Å². The van der Waals surface area contributed by atoms with Gasteiger partial charge in [-0.15, -0.1) is 0 Å². The Hall–Kier alpha value is -0.617. The van der Waals surface area contributed by atoms with Crippen molar-refractivity contribution in [1.82, 2.24) is 0 Å². The van der Waals surface area contributed by atoms with E-state index in [1.165, 1.54) is 27.8 Å². The first kappa shape index (κ1) is 29.6. The molecule has 0 saturated carbocycles. The fourth-order valence-electron chi connectivity index (χ4n) is 4.85. The monoisotopic (exact) mass is 572 g/mol. The van der Waals surface area contributed by atoms with Crippen LogP contribution in [0.1, 0.15) is 95.1 Å². The first-order valence-electron chi connectivity index (χ1n) is 12.2. The van der Waals surface area contributed by atoms with Gasteiger partial charge in [0.15, 0.2) is 0 Å². The summed E-state index contributed by atoms with van der Waals surface area (Å²) in [5.41, 5.74) is 11.2. The molecular formula is C31H40Cl2Zr. The van der Waals surface area contributed by atoms with Crippen molar-refractivity contribution < 1.29 is 48.0 Å². The maximum Gasteiger partial charge on any atom is -1.00 e. The van der Waals surface area contributed by atoms with Crippen molar-refractivity contribution in [3.8, 4) is 11.1 Å². The summed E-state index contributed by atoms with van der Waals surface area (Å²) in [5, 5.41) is 0. The molecule has 34 heavy (non-hydrogen) atoms. The molecule has 0 heterocycles. The molecule has 2 aromatic carbocycles. The Labute approximate surface area is 232 Å². The number of fused-ring (bicyclic) bond motifs is 3. The Morgan fingerprint density at radius 1 is 0.647 bits per heavy atom. The van der Waals surface area contributed by atoms with E-state index < -0.39 is 23.2 Å². The van der Waals surface area contributed by atoms with Gasteiger partial charge >= 0.3 is 209 Å². The maximum absolute atomic E-state index is 2.57. The van der Waals surface area contributed by atoms with E-state index in [-0.39, 0.29) is 41.1 Å². The van der Waals surface area contributed by atoms with Crippen LogP contribution in [0.4, 0.5) is 0 Å². The molecule has 0 N–H and O–H groups in total. The van der Waals surface area contributed by atoms with Crippen molar-refractivity contribution in [3.05, 3.63) is 79.7 Å². The first-order chi connectivity index (χ1) is 14.7. The largest absolute Gasteiger partial charge is 1.00 e. The molecule has 0 bridgehead atoms. The smallest absolute Gasteiger partial charge is 1.00 e. The van der Waals surface area contributed by atoms with Gasteiger partial charge in [0, 0.05) is 0 Å². The van der Waals surface area contributed by atoms with Crippen molar-refractivity contribution in [2.75, 3.05) is 0 Å². The molecule has 2 aliphatic rings. The quantitative estimate of drug-likeness (QED) is 0.518. The molecule has 1 unspecified atom stereocenters. The van der Waals surface area contributed by atoms with Gasteiger partial charge in [0.1, 0.15) is 0 Å². The van der Waals surface area contributed by atoms with Crippen LogP contribution in [0.5, 0.6) is 0 Å². The van der Waals surface area contributed by atoms with Gasteiger partial charge in [0.2, 0.25) is 0 Å². The summed E-state index contributed by atoms with van der Waals surface area (Å²) in [6.07, 6.45) is 5.10. The summed E-state index contributed by atoms with van der Waals surface area (Å²) < 4.78 is 2.37. The average molecular weight is 575 g/mol. The third-order valence-electron chi connectivity index (χ3n) is 7.16. The predicted molar refractivity (Wildman–Crippen MR) is 136 cm³/mol. The van der Waals surface area contributed by atoms with Crippen LogP contribution in [-0.4, -0.2) is 0 Å². The topological polar surface area (TPSA) is 0 Å². The van der Waals surface area contributed by atoms with E-state index in [4.69, 9.17) is 0 Å². The predicted octanol–water partition coefficient (Wildman–Crippen LogP) is 2.95. The van der Waals surface area contributed by atoms with Crippen LogP contribution in [0.25, 0.3) is 11.1 Å². The molecule has 0 spiro atoms. The molecule has 0 aromatic heterocycles. The van der Waals surface area contributed by atoms with Crippen LogP contribution in [0.2, 0.25) is 0 Å². The Kier molecular flexibility index (Phi) is 8.74. The molecule has 0 saturated heterocycles. The first-order valence-corrected chi connectivity index (χ1v) is 14.8. The molecule has 0 fully saturated rings. The fraction of sp³-hybridized carbons (Fsp3) is 0.484. The van der Waals surface area contributed by atoms with Crippen LogP contribution in [0, 0.1) is 11.3 Å². The Balaban J connectivity index is 0.00000204. The second-order valence-electron chi connectivity index (χ2n) is 12.9. The molecule has 2 aliphatic carbocycles. The SMILES string of the molecule is CC1C=C(C(C)(C)C)C=[C]1[Zr+2][CH]1c2ccc(C(C)(C)C)cc2-c2cc(C(C)(C)C)ccc21.[Cl-].[Cl-]. The fourth-order valence-corrected chi connectivity index (χ4v) is 9.11. The molecule has 1 atom stereocenters. The molecule has 0 aliphatic heterocycles. The maximum atomic E-state index is 2.57. The van der Waals surface area contributed by atoms with Crippen molar-refractivity contribution >= 4 is 0 Å². The van der Waals surface area contributed by atoms with Crippen molar-refractivity contribution in [3.63, 3.8) is 0 Å². The van der Waals surface area contributed by atoms with Crippen molar-refractivity contribution in [2.24, 2.45) is 11.3 Å². The Bertz CT molecular complexity index is 1050. The van der Waals surface area contributed by atoms with Crippen LogP contribution in [-0.2, 0) is 34.1 Å². The molecule has 0 nitrogen and oxygen atoms in total. The Morgan fingerprint density at radius 2 is 1.09 bits per heavy atom. The summed E-state index contributed by atoms with van der Waals surface area (Å²) >= 11 is -0.830. The minimum atomic E-state index is -0.830. The molecular weight excluding hydrogens is 534 g/mol. The van der Waals surface area contributed by atoms with Crippen LogP contribution in [0.3, 0.4) is 0 Å². The molecule has 4 rings (SSSR count). The van der Waals surface area contributed by atoms with E-state index in [2.05, 4.69) is 118 Å². The van der Waals surface area contributed by atoms with Gasteiger partial charge < -0.3 is 24.8 Å². The second-order valence-corrected chi connectivity index (χ2v) is 16.5. The van der Waals surface area contributed by atoms with Crippen molar-refractivity contribution in [2.45, 2.75) is 83.7 Å². The van der Waals surface area contributed by atoms with E-state index in [1.807, 2.05) is 0 Å². The Morgan fingerprint density at radius 3 is 1.44 bits per heavy atom. The molecule has 3 heteroatoms. The minimum Gasteiger partial charge on any atom is -1.00 e. The zero-order valence-corrected chi connectivity index (χ0v) is 26.5. The van der Waals surface area contributed by atoms with Gasteiger partial charge in [-0.2, -0.15) is 0 Å². The number of hydrogen-bond acceptors (Lipinski definition) is 0. The summed E-state index contributed by atoms with van der Waals surface area (Å²) in [6.45, 7) is 23.4. The van der Waals surface area contributed by atoms with Crippen LogP contribution in [0.15, 0.2) is 57.4 Å². The zero-order valence-electron chi connectivity index (χ0n) is 22.5. The normalized spacial score (nSPS) is 17.6. The van der Waals surface area contributed by atoms with Gasteiger partial charge in [-0.05, 0) is 0 Å². The van der Waals surface area contributed by atoms with Gasteiger partial charge in [-0.3, -0.25) is 0 Å². The van der Waals surface area contributed by atoms with E-state index in [0.717, 1.165) is 0 Å². The van der Waals surface area contributed by atoms with E-state index in [9.17, 15) is 0 Å². The van der Waals surface area contributed by atoms with E-state index in [0.29, 0.717) is 9.54 Å². The average Bonchev–Trinajstić information content (AvgIpc) is 3.18. The standard InChI is InChI=1S/C21H25.C10H15.2ClH.Zr/c1-20(2,3)16-9-7-14-11-15-8-10-17(21(4,5)6)13-19(15)18(14)12-16;1-8-5-6-9(7-8)10(2,3)4;;;/h7-13H,1-6H3;6-8H,1-4H3;2*1H;/q;;;;+2/p-2. The number of hydrogen-bond donors (Lipinski definition) is 0. The summed E-state index contributed by atoms with van der Waals surface area (Å²) in [6, 6.07) is 14.7. The minimum absolute atomic E-state index is 0. The molecule has 182 valence electrons. The molecule has 2 aromatic rings. The number of halogens is 2. The summed E-state index contributed by atoms with van der Waals surface area (Å²) in [5.74, 6) is 0.603. The van der Waals surface area contributed by atoms with E-state index >= 15 is 0 Å². The summed E-state index contributed by atoms with van der Waals surface area (Å²) in [7, 11) is 0. The molecule has 0 amide bonds. The van der Waals surface area contributed by atoms with Crippen LogP contribution < -0.4 is 24.8 Å². The number of allylic oxidation sites excluding steroid dienone is 4. The van der Waals surface area contributed by atoms with Gasteiger partial charge in [0.05, 0.1) is 0 Å². The summed E-state index contributed by atoms with van der Waals surface area (Å²) in [4.78, 5) is 0. The van der Waals surface area contributed by atoms with Gasteiger partial charge in [-0.1, -0.05) is 0 Å².